The number of carbonyl (C=O) groups is 11. The number of nitrogens with one attached hydrogen (secondary N) is 4. The second-order valence-corrected chi connectivity index (χ2v) is 25.7. The average molecular weight is 1230 g/mol. The third kappa shape index (κ3) is 22.0. The summed E-state index contributed by atoms with van der Waals surface area (Å²) in [7, 11) is 9.75. The minimum Gasteiger partial charge on any atom is -0.390 e. The van der Waals surface area contributed by atoms with Gasteiger partial charge in [0.2, 0.25) is 65.0 Å². The van der Waals surface area contributed by atoms with E-state index in [0.29, 0.717) is 6.42 Å². The summed E-state index contributed by atoms with van der Waals surface area (Å²) in [6, 6.07) is -12.8. The Morgan fingerprint density at radius 2 is 0.989 bits per heavy atom. The van der Waals surface area contributed by atoms with Crippen molar-refractivity contribution >= 4 is 65.0 Å². The van der Waals surface area contributed by atoms with Gasteiger partial charge in [0, 0.05) is 49.3 Å². The molecule has 24 nitrogen and oxygen atoms in total. The van der Waals surface area contributed by atoms with Gasteiger partial charge in [0.25, 0.3) is 0 Å². The second-order valence-electron chi connectivity index (χ2n) is 25.7. The van der Waals surface area contributed by atoms with E-state index in [0.717, 1.165) is 14.7 Å². The minimum absolute atomic E-state index is 0.00582. The monoisotopic (exact) mass is 1230 g/mol. The Bertz CT molecular complexity index is 2400. The van der Waals surface area contributed by atoms with Crippen molar-refractivity contribution < 1.29 is 62.6 Å². The Kier molecular flexibility index (Phi) is 32.7. The van der Waals surface area contributed by atoms with Crippen LogP contribution in [0.3, 0.4) is 0 Å². The summed E-state index contributed by atoms with van der Waals surface area (Å²) in [4.78, 5) is 169. The van der Waals surface area contributed by atoms with Crippen molar-refractivity contribution in [3.63, 3.8) is 0 Å². The van der Waals surface area contributed by atoms with Gasteiger partial charge in [-0.3, -0.25) is 52.7 Å². The van der Waals surface area contributed by atoms with Crippen LogP contribution in [-0.4, -0.2) is 239 Å². The van der Waals surface area contributed by atoms with Gasteiger partial charge in [0.05, 0.1) is 25.4 Å². The van der Waals surface area contributed by atoms with E-state index in [1.165, 1.54) is 88.9 Å². The number of rotatable bonds is 17. The molecule has 1 fully saturated rings. The molecule has 496 valence electrons. The van der Waals surface area contributed by atoms with E-state index >= 15 is 9.59 Å². The van der Waals surface area contributed by atoms with Crippen molar-refractivity contribution in [2.24, 2.45) is 35.5 Å². The molecule has 0 radical (unpaired) electrons. The fourth-order valence-electron chi connectivity index (χ4n) is 10.8. The van der Waals surface area contributed by atoms with Gasteiger partial charge < -0.3 is 65.4 Å². The summed E-state index contributed by atoms with van der Waals surface area (Å²) in [6.45, 7) is 30.6. The largest absolute Gasteiger partial charge is 0.390 e. The van der Waals surface area contributed by atoms with Gasteiger partial charge in [-0.15, -0.1) is 6.58 Å². The normalized spacial score (nSPS) is 26.8. The Morgan fingerprint density at radius 3 is 1.46 bits per heavy atom. The summed E-state index contributed by atoms with van der Waals surface area (Å²) in [6.07, 6.45) is 3.20. The van der Waals surface area contributed by atoms with Crippen molar-refractivity contribution in [2.45, 2.75) is 216 Å². The molecule has 5 N–H and O–H groups in total. The predicted octanol–water partition coefficient (Wildman–Crippen LogP) is 2.81. The Balaban J connectivity index is 4.37. The van der Waals surface area contributed by atoms with Gasteiger partial charge >= 0.3 is 0 Å². The SMILES string of the molecule is C=CCO[C@H](C)[C@H]1C(=O)N[C@@H](C(C)C)C(=O)N(C)[C@H](CC(C)C)C(=O)N[C@@H](C)C(=O)N[C@@H](C)C(=O)N(C)[C@@H](CC(C)C)C(=O)N(C)[C@H](CC(C)C)C(=O)N(C)[C@@H](C(C)C)C(=O)N(C)[C@@H]([C@H](O)[C@H](C)C/C=C/C)C(=O)N[C@@H](CC)C(=O)N(C)CC(=O)N1C. The zero-order valence-corrected chi connectivity index (χ0v) is 56.8. The number of aliphatic hydroxyl groups excluding tert-OH is 1. The lowest BCUT2D eigenvalue weighted by atomic mass is 9.91. The van der Waals surface area contributed by atoms with E-state index in [9.17, 15) is 48.3 Å². The zero-order chi connectivity index (χ0) is 67.4. The molecule has 1 saturated heterocycles. The molecule has 87 heavy (non-hydrogen) atoms. The van der Waals surface area contributed by atoms with Crippen molar-refractivity contribution in [3.05, 3.63) is 24.8 Å². The predicted molar refractivity (Wildman–Crippen MR) is 335 cm³/mol. The molecule has 11 amide bonds. The number of likely N-dealkylation sites (N-methyl/N-ethyl adjacent to an activating group) is 7. The van der Waals surface area contributed by atoms with Crippen LogP contribution in [0.5, 0.6) is 0 Å². The molecule has 13 atom stereocenters. The number of allylic oxidation sites excluding steroid dienone is 2. The first-order valence-electron chi connectivity index (χ1n) is 30.8. The highest BCUT2D eigenvalue weighted by Crippen LogP contribution is 2.25. The van der Waals surface area contributed by atoms with Crippen molar-refractivity contribution in [1.82, 2.24) is 55.6 Å². The number of carbonyl (C=O) groups excluding carboxylic acids is 11. The minimum atomic E-state index is -1.63. The maximum Gasteiger partial charge on any atom is 0.246 e. The molecule has 0 aromatic rings. The van der Waals surface area contributed by atoms with Crippen molar-refractivity contribution in [3.8, 4) is 0 Å². The molecular weight excluding hydrogens is 1120 g/mol. The van der Waals surface area contributed by atoms with Gasteiger partial charge in [-0.1, -0.05) is 101 Å². The van der Waals surface area contributed by atoms with Gasteiger partial charge in [0.15, 0.2) is 0 Å². The quantitative estimate of drug-likeness (QED) is 0.131. The molecule has 1 aliphatic heterocycles. The van der Waals surface area contributed by atoms with Crippen molar-refractivity contribution in [2.75, 3.05) is 62.5 Å². The fourth-order valence-corrected chi connectivity index (χ4v) is 10.8. The molecule has 0 spiro atoms. The summed E-state index contributed by atoms with van der Waals surface area (Å²) >= 11 is 0. The molecule has 1 aliphatic rings. The number of hydrogen-bond donors (Lipinski definition) is 5. The van der Waals surface area contributed by atoms with E-state index in [1.54, 1.807) is 67.5 Å². The second kappa shape index (κ2) is 36.1. The van der Waals surface area contributed by atoms with Gasteiger partial charge in [-0.25, -0.2) is 0 Å². The lowest BCUT2D eigenvalue weighted by Gasteiger charge is -2.41. The van der Waals surface area contributed by atoms with Crippen LogP contribution in [0.1, 0.15) is 143 Å². The fraction of sp³-hybridized carbons (Fsp3) is 0.762. The van der Waals surface area contributed by atoms with E-state index in [2.05, 4.69) is 27.8 Å². The van der Waals surface area contributed by atoms with Crippen LogP contribution in [0.4, 0.5) is 0 Å². The van der Waals surface area contributed by atoms with Gasteiger partial charge in [-0.05, 0) is 95.3 Å². The maximum absolute atomic E-state index is 15.2. The first-order chi connectivity index (χ1) is 40.3. The number of aliphatic hydroxyl groups is 1. The Morgan fingerprint density at radius 1 is 0.529 bits per heavy atom. The van der Waals surface area contributed by atoms with Crippen molar-refractivity contribution in [1.29, 1.82) is 0 Å². The average Bonchev–Trinajstić information content (AvgIpc) is 1.82. The maximum atomic E-state index is 15.2. The molecule has 0 bridgehead atoms. The highest BCUT2D eigenvalue weighted by atomic mass is 16.5. The highest BCUT2D eigenvalue weighted by Gasteiger charge is 2.46. The molecule has 24 heteroatoms. The molecule has 0 saturated carbocycles. The third-order valence-corrected chi connectivity index (χ3v) is 16.2. The number of ether oxygens (including phenoxy) is 1. The van der Waals surface area contributed by atoms with Crippen LogP contribution >= 0.6 is 0 Å². The van der Waals surface area contributed by atoms with Crippen LogP contribution in [0, 0.1) is 35.5 Å². The molecule has 0 unspecified atom stereocenters. The summed E-state index contributed by atoms with van der Waals surface area (Å²) in [5.41, 5.74) is 0. The van der Waals surface area contributed by atoms with Crippen LogP contribution in [0.15, 0.2) is 24.8 Å². The molecule has 0 aromatic carbocycles. The van der Waals surface area contributed by atoms with Crippen LogP contribution in [0.25, 0.3) is 0 Å². The zero-order valence-electron chi connectivity index (χ0n) is 56.8. The standard InChI is InChI=1S/C63H111N11O13/c1-25-28-29-40(14)53(76)52-57(80)66-44(27-3)59(82)68(18)34-48(75)72(22)51(43(17)87-30-26-2)56(79)67-49(38(10)11)62(85)69(19)45(31-35(4)5)55(78)64-41(15)54(77)65-42(16)58(81)70(20)46(32-36(6)7)60(83)71(21)47(33-37(8)9)61(84)73(23)50(39(12)13)63(86)74(52)24/h25-26,28,35-47,49-53,76H,2,27,29-34H2,1,3-24H3,(H,64,78)(H,65,77)(H,66,80)(H,67,79)/b28-25+/t40-,41+,42+,43-,44+,45-,46+,47-,49+,50+,51+,52+,53-/m1/s1. The number of nitrogens with zero attached hydrogens (tertiary/aromatic N) is 7. The first-order valence-corrected chi connectivity index (χ1v) is 30.8. The van der Waals surface area contributed by atoms with E-state index in [1.807, 2.05) is 41.5 Å². The van der Waals surface area contributed by atoms with Crippen LogP contribution in [-0.2, 0) is 57.5 Å². The lowest BCUT2D eigenvalue weighted by molar-refractivity contribution is -0.157. The molecule has 1 heterocycles. The van der Waals surface area contributed by atoms with Gasteiger partial charge in [-0.2, -0.15) is 0 Å². The topological polar surface area (TPSA) is 288 Å². The third-order valence-electron chi connectivity index (χ3n) is 16.2. The van der Waals surface area contributed by atoms with Crippen LogP contribution in [0.2, 0.25) is 0 Å². The van der Waals surface area contributed by atoms with E-state index < -0.39 is 162 Å². The smallest absolute Gasteiger partial charge is 0.246 e. The Hall–Kier alpha value is -6.43. The summed E-state index contributed by atoms with van der Waals surface area (Å²) < 4.78 is 5.90. The number of hydrogen-bond acceptors (Lipinski definition) is 13. The summed E-state index contributed by atoms with van der Waals surface area (Å²) in [5, 5.41) is 23.0. The molecule has 1 rings (SSSR count). The first kappa shape index (κ1) is 78.6. The molecular formula is C63H111N11O13. The highest BCUT2D eigenvalue weighted by molar-refractivity contribution is 5.99. The van der Waals surface area contributed by atoms with Gasteiger partial charge in [0.1, 0.15) is 60.4 Å². The lowest BCUT2D eigenvalue weighted by Crippen LogP contribution is -2.63. The van der Waals surface area contributed by atoms with Crippen LogP contribution < -0.4 is 21.3 Å². The Labute approximate surface area is 519 Å². The van der Waals surface area contributed by atoms with E-state index in [-0.39, 0.29) is 50.0 Å². The number of amides is 11. The molecule has 0 aromatic heterocycles. The summed E-state index contributed by atoms with van der Waals surface area (Å²) in [5.74, 6) is -10.1. The van der Waals surface area contributed by atoms with E-state index in [4.69, 9.17) is 4.74 Å². The molecule has 0 aliphatic carbocycles.